The minimum Gasteiger partial charge on any atom is -0.487 e. The van der Waals surface area contributed by atoms with Crippen molar-refractivity contribution >= 4 is 22.9 Å². The molecule has 0 aliphatic carbocycles. The number of carbonyl (C=O) groups excluding carboxylic acids is 1. The molecule has 2 aromatic carbocycles. The Morgan fingerprint density at radius 2 is 1.94 bits per heavy atom. The number of hydrogen-bond acceptors (Lipinski definition) is 5. The summed E-state index contributed by atoms with van der Waals surface area (Å²) >= 11 is 0. The second kappa shape index (κ2) is 10.5. The monoisotopic (exact) mass is 479 g/mol. The van der Waals surface area contributed by atoms with Crippen molar-refractivity contribution in [2.24, 2.45) is 5.92 Å². The second-order valence-electron chi connectivity index (χ2n) is 10.1. The summed E-state index contributed by atoms with van der Waals surface area (Å²) < 4.78 is 25.3. The van der Waals surface area contributed by atoms with Crippen LogP contribution in [0.25, 0.3) is 11.3 Å². The molecule has 3 heterocycles. The minimum absolute atomic E-state index is 0.249. The van der Waals surface area contributed by atoms with E-state index in [2.05, 4.69) is 41.1 Å². The summed E-state index contributed by atoms with van der Waals surface area (Å²) in [6.07, 6.45) is 1.14. The first-order chi connectivity index (χ1) is 17.0. The van der Waals surface area contributed by atoms with Crippen LogP contribution in [0.15, 0.2) is 36.4 Å². The standard InChI is InChI=1S/C28H34FN3O3/c1-19(2)16-32(9-3-8-31-10-12-34-13-11-31)17-20-4-6-23-21(14-20)18-35-27(23)26-24-15-22(29)5-7-25(24)30-28(26)33/h4-7,14-15,19H,3,8-13,16-18H2,1-2H3,(H,30,33)/b27-26+. The molecule has 3 aliphatic rings. The molecule has 0 saturated carbocycles. The molecule has 3 aliphatic heterocycles. The molecule has 35 heavy (non-hydrogen) atoms. The Bertz CT molecular complexity index is 1120. The van der Waals surface area contributed by atoms with E-state index in [-0.39, 0.29) is 11.7 Å². The van der Waals surface area contributed by atoms with E-state index < -0.39 is 0 Å². The average molecular weight is 480 g/mol. The van der Waals surface area contributed by atoms with Crippen LogP contribution >= 0.6 is 0 Å². The summed E-state index contributed by atoms with van der Waals surface area (Å²) in [5.74, 6) is 0.512. The van der Waals surface area contributed by atoms with Crippen LogP contribution in [0.3, 0.4) is 0 Å². The van der Waals surface area contributed by atoms with Crippen LogP contribution in [0.2, 0.25) is 0 Å². The molecule has 1 N–H and O–H groups in total. The highest BCUT2D eigenvalue weighted by atomic mass is 19.1. The van der Waals surface area contributed by atoms with Gasteiger partial charge in [-0.3, -0.25) is 14.6 Å². The highest BCUT2D eigenvalue weighted by molar-refractivity contribution is 6.36. The fourth-order valence-electron chi connectivity index (χ4n) is 5.24. The molecule has 0 spiro atoms. The Balaban J connectivity index is 1.31. The van der Waals surface area contributed by atoms with Crippen LogP contribution in [0.5, 0.6) is 0 Å². The molecule has 0 radical (unpaired) electrons. The molecule has 1 saturated heterocycles. The molecular formula is C28H34FN3O3. The number of nitrogens with one attached hydrogen (secondary N) is 1. The summed E-state index contributed by atoms with van der Waals surface area (Å²) in [5, 5.41) is 2.82. The van der Waals surface area contributed by atoms with E-state index in [4.69, 9.17) is 9.47 Å². The normalized spacial score (nSPS) is 19.7. The lowest BCUT2D eigenvalue weighted by atomic mass is 9.99. The van der Waals surface area contributed by atoms with E-state index in [9.17, 15) is 9.18 Å². The van der Waals surface area contributed by atoms with Gasteiger partial charge in [0.2, 0.25) is 0 Å². The summed E-state index contributed by atoms with van der Waals surface area (Å²) in [6, 6.07) is 10.7. The van der Waals surface area contributed by atoms with Gasteiger partial charge in [0, 0.05) is 48.6 Å². The summed E-state index contributed by atoms with van der Waals surface area (Å²) in [4.78, 5) is 17.7. The minimum atomic E-state index is -0.370. The van der Waals surface area contributed by atoms with E-state index in [0.29, 0.717) is 35.1 Å². The van der Waals surface area contributed by atoms with Crippen LogP contribution < -0.4 is 5.32 Å². The first-order valence-electron chi connectivity index (χ1n) is 12.6. The maximum absolute atomic E-state index is 13.9. The number of halogens is 1. The Morgan fingerprint density at radius 3 is 2.74 bits per heavy atom. The zero-order valence-corrected chi connectivity index (χ0v) is 20.6. The van der Waals surface area contributed by atoms with Crippen molar-refractivity contribution in [2.75, 3.05) is 51.3 Å². The number of nitrogens with zero attached hydrogens (tertiary/aromatic N) is 2. The Morgan fingerprint density at radius 1 is 1.11 bits per heavy atom. The fourth-order valence-corrected chi connectivity index (χ4v) is 5.24. The first-order valence-corrected chi connectivity index (χ1v) is 12.6. The number of hydrogen-bond donors (Lipinski definition) is 1. The molecule has 1 amide bonds. The largest absolute Gasteiger partial charge is 0.487 e. The Labute approximate surface area is 206 Å². The number of morpholine rings is 1. The Kier molecular flexibility index (Phi) is 7.18. The van der Waals surface area contributed by atoms with Gasteiger partial charge in [0.1, 0.15) is 18.2 Å². The van der Waals surface area contributed by atoms with E-state index >= 15 is 0 Å². The predicted octanol–water partition coefficient (Wildman–Crippen LogP) is 4.36. The number of fused-ring (bicyclic) bond motifs is 2. The molecule has 0 aromatic heterocycles. The zero-order valence-electron chi connectivity index (χ0n) is 20.6. The lowest BCUT2D eigenvalue weighted by molar-refractivity contribution is -0.110. The van der Waals surface area contributed by atoms with Crippen LogP contribution in [-0.2, 0) is 27.4 Å². The summed E-state index contributed by atoms with van der Waals surface area (Å²) in [5.41, 5.74) is 4.82. The number of benzene rings is 2. The molecule has 0 atom stereocenters. The third kappa shape index (κ3) is 5.42. The van der Waals surface area contributed by atoms with Gasteiger partial charge >= 0.3 is 0 Å². The van der Waals surface area contributed by atoms with Crippen molar-refractivity contribution in [2.45, 2.75) is 33.4 Å². The van der Waals surface area contributed by atoms with Crippen molar-refractivity contribution in [1.29, 1.82) is 0 Å². The highest BCUT2D eigenvalue weighted by Crippen LogP contribution is 2.42. The van der Waals surface area contributed by atoms with E-state index in [1.165, 1.54) is 17.7 Å². The number of ether oxygens (including phenoxy) is 2. The Hall–Kier alpha value is -2.74. The van der Waals surface area contributed by atoms with E-state index in [0.717, 1.165) is 70.0 Å². The van der Waals surface area contributed by atoms with Crippen molar-refractivity contribution < 1.29 is 18.7 Å². The third-order valence-electron chi connectivity index (χ3n) is 6.82. The maximum atomic E-state index is 13.9. The van der Waals surface area contributed by atoms with Gasteiger partial charge in [0.25, 0.3) is 5.91 Å². The predicted molar refractivity (Wildman–Crippen MR) is 135 cm³/mol. The zero-order chi connectivity index (χ0) is 24.4. The fraction of sp³-hybridized carbons (Fsp3) is 0.464. The van der Waals surface area contributed by atoms with Crippen molar-refractivity contribution in [3.63, 3.8) is 0 Å². The molecule has 7 heteroatoms. The van der Waals surface area contributed by atoms with E-state index in [1.807, 2.05) is 6.07 Å². The maximum Gasteiger partial charge on any atom is 0.260 e. The number of carbonyl (C=O) groups is 1. The lowest BCUT2D eigenvalue weighted by Crippen LogP contribution is -2.38. The smallest absolute Gasteiger partial charge is 0.260 e. The second-order valence-corrected chi connectivity index (χ2v) is 10.1. The summed E-state index contributed by atoms with van der Waals surface area (Å²) in [7, 11) is 0. The lowest BCUT2D eigenvalue weighted by Gasteiger charge is -2.29. The van der Waals surface area contributed by atoms with Gasteiger partial charge in [0.15, 0.2) is 0 Å². The van der Waals surface area contributed by atoms with Crippen molar-refractivity contribution in [3.05, 3.63) is 64.5 Å². The van der Waals surface area contributed by atoms with Crippen molar-refractivity contribution in [1.82, 2.24) is 9.80 Å². The number of amides is 1. The number of rotatable bonds is 8. The van der Waals surface area contributed by atoms with Crippen LogP contribution in [0.4, 0.5) is 10.1 Å². The van der Waals surface area contributed by atoms with Crippen LogP contribution in [0.1, 0.15) is 42.5 Å². The SMILES string of the molecule is CC(C)CN(CCCN1CCOCC1)Cc1ccc2c(c1)CO/C2=C1/C(=O)Nc2ccc(F)cc21. The highest BCUT2D eigenvalue weighted by Gasteiger charge is 2.33. The first kappa shape index (κ1) is 24.0. The topological polar surface area (TPSA) is 54.0 Å². The van der Waals surface area contributed by atoms with Gasteiger partial charge in [-0.1, -0.05) is 32.0 Å². The molecule has 6 nitrogen and oxygen atoms in total. The third-order valence-corrected chi connectivity index (χ3v) is 6.82. The molecule has 186 valence electrons. The number of anilines is 1. The molecule has 0 bridgehead atoms. The van der Waals surface area contributed by atoms with Gasteiger partial charge in [-0.15, -0.1) is 0 Å². The van der Waals surface area contributed by atoms with E-state index in [1.54, 1.807) is 6.07 Å². The molecule has 1 fully saturated rings. The molecular weight excluding hydrogens is 445 g/mol. The summed E-state index contributed by atoms with van der Waals surface area (Å²) in [6.45, 7) is 12.8. The average Bonchev–Trinajstić information content (AvgIpc) is 3.38. The quantitative estimate of drug-likeness (QED) is 0.571. The van der Waals surface area contributed by atoms with Crippen LogP contribution in [-0.4, -0.2) is 61.6 Å². The van der Waals surface area contributed by atoms with Gasteiger partial charge in [0.05, 0.1) is 18.8 Å². The van der Waals surface area contributed by atoms with Crippen molar-refractivity contribution in [3.8, 4) is 0 Å². The van der Waals surface area contributed by atoms with Gasteiger partial charge in [-0.25, -0.2) is 4.39 Å². The van der Waals surface area contributed by atoms with Gasteiger partial charge < -0.3 is 14.8 Å². The van der Waals surface area contributed by atoms with Crippen LogP contribution in [0, 0.1) is 11.7 Å². The molecule has 2 aromatic rings. The molecule has 5 rings (SSSR count). The van der Waals surface area contributed by atoms with Gasteiger partial charge in [-0.05, 0) is 49.2 Å². The molecule has 0 unspecified atom stereocenters. The van der Waals surface area contributed by atoms with Gasteiger partial charge in [-0.2, -0.15) is 0 Å².